The molecule has 0 radical (unpaired) electrons. The summed E-state index contributed by atoms with van der Waals surface area (Å²) in [5, 5.41) is 4.04. The lowest BCUT2D eigenvalue weighted by Gasteiger charge is -2.04. The smallest absolute Gasteiger partial charge is 0.343 e. The molecule has 3 aromatic rings. The van der Waals surface area contributed by atoms with Crippen LogP contribution in [0.2, 0.25) is 0 Å². The first-order valence-corrected chi connectivity index (χ1v) is 6.58. The number of rotatable bonds is 4. The predicted octanol–water partition coefficient (Wildman–Crippen LogP) is 2.15. The summed E-state index contributed by atoms with van der Waals surface area (Å²) in [5.74, 6) is 0.155. The molecule has 0 fully saturated rings. The number of carbonyl (C=O) groups excluding carboxylic acids is 1. The van der Waals surface area contributed by atoms with Crippen LogP contribution in [0.5, 0.6) is 5.88 Å². The summed E-state index contributed by atoms with van der Waals surface area (Å²) in [6.07, 6.45) is 0. The van der Waals surface area contributed by atoms with Gasteiger partial charge in [-0.25, -0.2) is 9.78 Å². The van der Waals surface area contributed by atoms with E-state index in [2.05, 4.69) is 19.9 Å². The van der Waals surface area contributed by atoms with E-state index in [0.717, 1.165) is 5.56 Å². The number of aromatic nitrogens is 3. The molecular weight excluding hydrogens is 286 g/mol. The molecule has 0 bridgehead atoms. The molecule has 0 N–H and O–H groups in total. The van der Waals surface area contributed by atoms with E-state index in [0.29, 0.717) is 22.6 Å². The molecule has 0 unspecified atom stereocenters. The van der Waals surface area contributed by atoms with Gasteiger partial charge in [0.25, 0.3) is 5.88 Å². The van der Waals surface area contributed by atoms with Gasteiger partial charge in [-0.1, -0.05) is 35.5 Å². The second kappa shape index (κ2) is 5.80. The molecular formula is C15H13N3O4. The number of hydrogen-bond acceptors (Lipinski definition) is 7. The molecule has 22 heavy (non-hydrogen) atoms. The van der Waals surface area contributed by atoms with Crippen LogP contribution >= 0.6 is 0 Å². The molecule has 7 nitrogen and oxygen atoms in total. The van der Waals surface area contributed by atoms with Crippen molar-refractivity contribution in [2.45, 2.75) is 6.92 Å². The van der Waals surface area contributed by atoms with Crippen molar-refractivity contribution in [1.82, 2.24) is 15.1 Å². The SMILES string of the molecule is COC(=O)COc1nc(C)nc2c(-c3ccccc3)noc12. The van der Waals surface area contributed by atoms with Crippen LogP contribution in [0, 0.1) is 6.92 Å². The molecule has 112 valence electrons. The van der Waals surface area contributed by atoms with Crippen molar-refractivity contribution in [3.05, 3.63) is 36.2 Å². The Labute approximate surface area is 125 Å². The molecule has 1 aromatic carbocycles. The molecule has 7 heteroatoms. The van der Waals surface area contributed by atoms with E-state index >= 15 is 0 Å². The molecule has 0 aliphatic carbocycles. The van der Waals surface area contributed by atoms with E-state index in [4.69, 9.17) is 9.26 Å². The first kappa shape index (κ1) is 14.0. The minimum atomic E-state index is -0.507. The number of fused-ring (bicyclic) bond motifs is 1. The van der Waals surface area contributed by atoms with Gasteiger partial charge in [-0.15, -0.1) is 0 Å². The second-order valence-electron chi connectivity index (χ2n) is 4.52. The van der Waals surface area contributed by atoms with Crippen LogP contribution in [-0.2, 0) is 9.53 Å². The summed E-state index contributed by atoms with van der Waals surface area (Å²) in [7, 11) is 1.29. The van der Waals surface area contributed by atoms with Gasteiger partial charge in [0, 0.05) is 5.56 Å². The van der Waals surface area contributed by atoms with Crippen molar-refractivity contribution in [2.24, 2.45) is 0 Å². The number of ether oxygens (including phenoxy) is 2. The Balaban J connectivity index is 2.05. The number of nitrogens with zero attached hydrogens (tertiary/aromatic N) is 3. The maximum atomic E-state index is 11.2. The van der Waals surface area contributed by atoms with Crippen LogP contribution in [0.3, 0.4) is 0 Å². The fourth-order valence-corrected chi connectivity index (χ4v) is 1.98. The van der Waals surface area contributed by atoms with Crippen molar-refractivity contribution in [2.75, 3.05) is 13.7 Å². The minimum Gasteiger partial charge on any atom is -0.466 e. The van der Waals surface area contributed by atoms with Crippen LogP contribution in [0.4, 0.5) is 0 Å². The zero-order valence-corrected chi connectivity index (χ0v) is 12.1. The third kappa shape index (κ3) is 2.60. The van der Waals surface area contributed by atoms with Crippen LogP contribution in [-0.4, -0.2) is 34.8 Å². The first-order valence-electron chi connectivity index (χ1n) is 6.58. The highest BCUT2D eigenvalue weighted by Crippen LogP contribution is 2.30. The first-order chi connectivity index (χ1) is 10.7. The standard InChI is InChI=1S/C15H13N3O4/c1-9-16-13-12(10-6-4-3-5-7-10)18-22-14(13)15(17-9)21-8-11(19)20-2/h3-7H,8H2,1-2H3. The van der Waals surface area contributed by atoms with Crippen molar-refractivity contribution >= 4 is 17.1 Å². The van der Waals surface area contributed by atoms with Crippen molar-refractivity contribution in [3.8, 4) is 17.1 Å². The van der Waals surface area contributed by atoms with E-state index in [1.165, 1.54) is 7.11 Å². The van der Waals surface area contributed by atoms with Crippen LogP contribution in [0.25, 0.3) is 22.4 Å². The van der Waals surface area contributed by atoms with E-state index in [-0.39, 0.29) is 12.5 Å². The second-order valence-corrected chi connectivity index (χ2v) is 4.52. The maximum Gasteiger partial charge on any atom is 0.343 e. The fourth-order valence-electron chi connectivity index (χ4n) is 1.98. The molecule has 0 aliphatic heterocycles. The van der Waals surface area contributed by atoms with Gasteiger partial charge in [-0.2, -0.15) is 4.98 Å². The number of hydrogen-bond donors (Lipinski definition) is 0. The lowest BCUT2D eigenvalue weighted by molar-refractivity contribution is -0.143. The topological polar surface area (TPSA) is 87.3 Å². The summed E-state index contributed by atoms with van der Waals surface area (Å²) in [6.45, 7) is 1.47. The van der Waals surface area contributed by atoms with Gasteiger partial charge in [0.15, 0.2) is 6.61 Å². The molecule has 0 atom stereocenters. The molecule has 2 aromatic heterocycles. The normalized spacial score (nSPS) is 10.6. The zero-order chi connectivity index (χ0) is 15.5. The predicted molar refractivity (Wildman–Crippen MR) is 77.3 cm³/mol. The Morgan fingerprint density at radius 3 is 2.73 bits per heavy atom. The molecule has 0 spiro atoms. The maximum absolute atomic E-state index is 11.2. The quantitative estimate of drug-likeness (QED) is 0.682. The number of benzene rings is 1. The third-order valence-electron chi connectivity index (χ3n) is 3.00. The highest BCUT2D eigenvalue weighted by molar-refractivity contribution is 5.90. The van der Waals surface area contributed by atoms with Crippen LogP contribution < -0.4 is 4.74 Å². The average molecular weight is 299 g/mol. The molecule has 0 amide bonds. The monoisotopic (exact) mass is 299 g/mol. The van der Waals surface area contributed by atoms with E-state index in [1.807, 2.05) is 30.3 Å². The Morgan fingerprint density at radius 2 is 2.00 bits per heavy atom. The molecule has 0 saturated carbocycles. The number of methoxy groups -OCH3 is 1. The van der Waals surface area contributed by atoms with Gasteiger partial charge in [0.2, 0.25) is 5.58 Å². The Bertz CT molecular complexity index is 814. The van der Waals surface area contributed by atoms with Gasteiger partial charge in [0.1, 0.15) is 17.0 Å². The summed E-state index contributed by atoms with van der Waals surface area (Å²) in [5.41, 5.74) is 2.31. The number of esters is 1. The Hall–Kier alpha value is -2.96. The lowest BCUT2D eigenvalue weighted by atomic mass is 10.1. The molecule has 0 aliphatic rings. The molecule has 2 heterocycles. The van der Waals surface area contributed by atoms with Crippen molar-refractivity contribution < 1.29 is 18.8 Å². The van der Waals surface area contributed by atoms with Crippen LogP contribution in [0.15, 0.2) is 34.9 Å². The van der Waals surface area contributed by atoms with Gasteiger partial charge in [0.05, 0.1) is 7.11 Å². The highest BCUT2D eigenvalue weighted by Gasteiger charge is 2.19. The van der Waals surface area contributed by atoms with Gasteiger partial charge in [-0.3, -0.25) is 0 Å². The summed E-state index contributed by atoms with van der Waals surface area (Å²) >= 11 is 0. The Morgan fingerprint density at radius 1 is 1.23 bits per heavy atom. The van der Waals surface area contributed by atoms with E-state index < -0.39 is 5.97 Å². The third-order valence-corrected chi connectivity index (χ3v) is 3.00. The number of carbonyl (C=O) groups is 1. The van der Waals surface area contributed by atoms with Gasteiger partial charge >= 0.3 is 5.97 Å². The number of aryl methyl sites for hydroxylation is 1. The summed E-state index contributed by atoms with van der Waals surface area (Å²) < 4.78 is 15.2. The van der Waals surface area contributed by atoms with E-state index in [9.17, 15) is 4.79 Å². The highest BCUT2D eigenvalue weighted by atomic mass is 16.6. The van der Waals surface area contributed by atoms with Gasteiger partial charge in [-0.05, 0) is 6.92 Å². The van der Waals surface area contributed by atoms with Gasteiger partial charge < -0.3 is 14.0 Å². The molecule has 0 saturated heterocycles. The zero-order valence-electron chi connectivity index (χ0n) is 12.1. The lowest BCUT2D eigenvalue weighted by Crippen LogP contribution is -2.13. The fraction of sp³-hybridized carbons (Fsp3) is 0.200. The average Bonchev–Trinajstić information content (AvgIpc) is 2.96. The van der Waals surface area contributed by atoms with Crippen LogP contribution in [0.1, 0.15) is 5.82 Å². The van der Waals surface area contributed by atoms with Crippen molar-refractivity contribution in [1.29, 1.82) is 0 Å². The minimum absolute atomic E-state index is 0.169. The summed E-state index contributed by atoms with van der Waals surface area (Å²) in [4.78, 5) is 19.7. The molecule has 3 rings (SSSR count). The Kier molecular flexibility index (Phi) is 3.69. The summed E-state index contributed by atoms with van der Waals surface area (Å²) in [6, 6.07) is 9.53. The van der Waals surface area contributed by atoms with Crippen molar-refractivity contribution in [3.63, 3.8) is 0 Å². The van der Waals surface area contributed by atoms with E-state index in [1.54, 1.807) is 6.92 Å². The largest absolute Gasteiger partial charge is 0.466 e.